The summed E-state index contributed by atoms with van der Waals surface area (Å²) in [7, 11) is 1.81. The summed E-state index contributed by atoms with van der Waals surface area (Å²) >= 11 is 5.08. The van der Waals surface area contributed by atoms with Gasteiger partial charge in [-0.3, -0.25) is 4.79 Å². The minimum atomic E-state index is -0.583. The van der Waals surface area contributed by atoms with Crippen LogP contribution in [0.4, 0.5) is 0 Å². The molecule has 0 spiro atoms. The summed E-state index contributed by atoms with van der Waals surface area (Å²) in [6.45, 7) is 3.04. The summed E-state index contributed by atoms with van der Waals surface area (Å²) in [5.74, 6) is 0.593. The number of amides is 1. The van der Waals surface area contributed by atoms with Crippen LogP contribution >= 0.6 is 12.2 Å². The fraction of sp³-hybridized carbons (Fsp3) is 0.846. The van der Waals surface area contributed by atoms with Crippen LogP contribution in [0.1, 0.15) is 39.0 Å². The summed E-state index contributed by atoms with van der Waals surface area (Å²) in [5.41, 5.74) is 5.18. The largest absolute Gasteiger partial charge is 0.396 e. The Hall–Kier alpha value is -0.680. The number of carbonyl (C=O) groups is 1. The molecule has 1 saturated carbocycles. The van der Waals surface area contributed by atoms with Crippen LogP contribution in [0, 0.1) is 11.3 Å². The van der Waals surface area contributed by atoms with E-state index in [0.717, 1.165) is 32.1 Å². The number of hydrogen-bond donors (Lipinski definition) is 2. The van der Waals surface area contributed by atoms with Gasteiger partial charge in [-0.15, -0.1) is 0 Å². The zero-order valence-electron chi connectivity index (χ0n) is 11.3. The standard InChI is InChI=1S/C13H24N2O2S/c1-10-8-13(9-10,11(14)18)12(17)15(2)6-4-3-5-7-16/h10,16H,3-9H2,1-2H3,(H2,14,18). The van der Waals surface area contributed by atoms with Crippen LogP contribution in [0.2, 0.25) is 0 Å². The van der Waals surface area contributed by atoms with Crippen molar-refractivity contribution in [2.45, 2.75) is 39.0 Å². The molecule has 1 rings (SSSR count). The van der Waals surface area contributed by atoms with E-state index in [9.17, 15) is 4.79 Å². The number of hydrogen-bond acceptors (Lipinski definition) is 3. The molecule has 3 N–H and O–H groups in total. The molecule has 0 heterocycles. The Morgan fingerprint density at radius 1 is 1.44 bits per heavy atom. The highest BCUT2D eigenvalue weighted by molar-refractivity contribution is 7.80. The number of nitrogens with zero attached hydrogens (tertiary/aromatic N) is 1. The van der Waals surface area contributed by atoms with Crippen molar-refractivity contribution < 1.29 is 9.90 Å². The van der Waals surface area contributed by atoms with Crippen molar-refractivity contribution >= 4 is 23.1 Å². The molecule has 0 radical (unpaired) electrons. The molecule has 0 bridgehead atoms. The summed E-state index contributed by atoms with van der Waals surface area (Å²) < 4.78 is 0. The van der Waals surface area contributed by atoms with Gasteiger partial charge in [0.1, 0.15) is 0 Å². The predicted molar refractivity (Wildman–Crippen MR) is 76.2 cm³/mol. The molecular weight excluding hydrogens is 248 g/mol. The van der Waals surface area contributed by atoms with Crippen LogP contribution in [0.25, 0.3) is 0 Å². The van der Waals surface area contributed by atoms with Crippen molar-refractivity contribution in [1.29, 1.82) is 0 Å². The van der Waals surface area contributed by atoms with E-state index >= 15 is 0 Å². The van der Waals surface area contributed by atoms with E-state index in [4.69, 9.17) is 23.1 Å². The van der Waals surface area contributed by atoms with E-state index in [-0.39, 0.29) is 12.5 Å². The SMILES string of the molecule is CC1CC(C(=O)N(C)CCCCCO)(C(N)=S)C1. The van der Waals surface area contributed by atoms with E-state index in [1.165, 1.54) is 0 Å². The van der Waals surface area contributed by atoms with Crippen LogP contribution in [0.15, 0.2) is 0 Å². The Bertz CT molecular complexity index is 314. The summed E-state index contributed by atoms with van der Waals surface area (Å²) in [6, 6.07) is 0. The minimum absolute atomic E-state index is 0.0668. The molecule has 0 unspecified atom stereocenters. The average Bonchev–Trinajstić information content (AvgIpc) is 2.28. The van der Waals surface area contributed by atoms with Gasteiger partial charge in [0.15, 0.2) is 0 Å². The molecule has 104 valence electrons. The van der Waals surface area contributed by atoms with Gasteiger partial charge in [-0.1, -0.05) is 19.1 Å². The molecule has 18 heavy (non-hydrogen) atoms. The first-order chi connectivity index (χ1) is 8.44. The van der Waals surface area contributed by atoms with Gasteiger partial charge in [0.05, 0.1) is 10.4 Å². The first-order valence-corrected chi connectivity index (χ1v) is 7.01. The number of aliphatic hydroxyl groups excluding tert-OH is 1. The van der Waals surface area contributed by atoms with Crippen molar-refractivity contribution in [2.24, 2.45) is 17.1 Å². The minimum Gasteiger partial charge on any atom is -0.396 e. The quantitative estimate of drug-likeness (QED) is 0.542. The van der Waals surface area contributed by atoms with Gasteiger partial charge in [0.25, 0.3) is 0 Å². The molecule has 1 aliphatic carbocycles. The van der Waals surface area contributed by atoms with Gasteiger partial charge in [-0.05, 0) is 38.0 Å². The van der Waals surface area contributed by atoms with E-state index in [2.05, 4.69) is 6.92 Å². The molecule has 0 saturated heterocycles. The van der Waals surface area contributed by atoms with E-state index < -0.39 is 5.41 Å². The molecule has 1 fully saturated rings. The fourth-order valence-electron chi connectivity index (χ4n) is 2.72. The lowest BCUT2D eigenvalue weighted by Gasteiger charge is -2.46. The zero-order valence-corrected chi connectivity index (χ0v) is 12.1. The first-order valence-electron chi connectivity index (χ1n) is 6.60. The van der Waals surface area contributed by atoms with E-state index in [1.54, 1.807) is 4.90 Å². The van der Waals surface area contributed by atoms with Gasteiger partial charge in [0.2, 0.25) is 5.91 Å². The molecule has 4 nitrogen and oxygen atoms in total. The maximum absolute atomic E-state index is 12.4. The van der Waals surface area contributed by atoms with Crippen LogP contribution in [0.5, 0.6) is 0 Å². The van der Waals surface area contributed by atoms with Gasteiger partial charge < -0.3 is 15.7 Å². The smallest absolute Gasteiger partial charge is 0.235 e. The Labute approximate surface area is 115 Å². The van der Waals surface area contributed by atoms with Gasteiger partial charge in [-0.2, -0.15) is 0 Å². The Morgan fingerprint density at radius 3 is 2.50 bits per heavy atom. The molecule has 1 amide bonds. The van der Waals surface area contributed by atoms with Crippen molar-refractivity contribution in [2.75, 3.05) is 20.2 Å². The highest BCUT2D eigenvalue weighted by Gasteiger charge is 2.51. The first kappa shape index (κ1) is 15.4. The Morgan fingerprint density at radius 2 is 2.06 bits per heavy atom. The second-order valence-corrected chi connectivity index (χ2v) is 5.91. The van der Waals surface area contributed by atoms with Crippen molar-refractivity contribution in [3.63, 3.8) is 0 Å². The summed E-state index contributed by atoms with van der Waals surface area (Å²) in [4.78, 5) is 14.5. The summed E-state index contributed by atoms with van der Waals surface area (Å²) in [6.07, 6.45) is 4.19. The Balaban J connectivity index is 2.49. The number of carbonyl (C=O) groups excluding carboxylic acids is 1. The lowest BCUT2D eigenvalue weighted by molar-refractivity contribution is -0.142. The maximum Gasteiger partial charge on any atom is 0.235 e. The van der Waals surface area contributed by atoms with Crippen LogP contribution < -0.4 is 5.73 Å². The number of aliphatic hydroxyl groups is 1. The predicted octanol–water partition coefficient (Wildman–Crippen LogP) is 1.31. The number of thiocarbonyl (C=S) groups is 1. The number of unbranched alkanes of at least 4 members (excludes halogenated alkanes) is 2. The third-order valence-electron chi connectivity index (χ3n) is 3.77. The van der Waals surface area contributed by atoms with Crippen LogP contribution in [0.3, 0.4) is 0 Å². The third-order valence-corrected chi connectivity index (χ3v) is 4.16. The molecular formula is C13H24N2O2S. The highest BCUT2D eigenvalue weighted by Crippen LogP contribution is 2.46. The number of rotatable bonds is 7. The van der Waals surface area contributed by atoms with Gasteiger partial charge >= 0.3 is 0 Å². The monoisotopic (exact) mass is 272 g/mol. The second kappa shape index (κ2) is 6.48. The summed E-state index contributed by atoms with van der Waals surface area (Å²) in [5, 5.41) is 8.70. The van der Waals surface area contributed by atoms with E-state index in [0.29, 0.717) is 17.5 Å². The highest BCUT2D eigenvalue weighted by atomic mass is 32.1. The normalized spacial score (nSPS) is 26.5. The molecule has 0 aliphatic heterocycles. The van der Waals surface area contributed by atoms with Crippen molar-refractivity contribution in [3.05, 3.63) is 0 Å². The fourth-order valence-corrected chi connectivity index (χ4v) is 2.97. The molecule has 1 aliphatic rings. The van der Waals surface area contributed by atoms with Gasteiger partial charge in [0, 0.05) is 20.2 Å². The lowest BCUT2D eigenvalue weighted by Crippen LogP contribution is -2.56. The lowest BCUT2D eigenvalue weighted by atomic mass is 9.61. The maximum atomic E-state index is 12.4. The molecule has 0 aromatic rings. The molecule has 0 aromatic heterocycles. The third kappa shape index (κ3) is 3.20. The molecule has 0 atom stereocenters. The van der Waals surface area contributed by atoms with Crippen LogP contribution in [-0.2, 0) is 4.79 Å². The van der Waals surface area contributed by atoms with Crippen LogP contribution in [-0.4, -0.2) is 41.1 Å². The molecule has 0 aromatic carbocycles. The zero-order chi connectivity index (χ0) is 13.8. The van der Waals surface area contributed by atoms with Crippen molar-refractivity contribution in [3.8, 4) is 0 Å². The average molecular weight is 272 g/mol. The van der Waals surface area contributed by atoms with E-state index in [1.807, 2.05) is 7.05 Å². The van der Waals surface area contributed by atoms with Gasteiger partial charge in [-0.25, -0.2) is 0 Å². The topological polar surface area (TPSA) is 66.6 Å². The molecule has 5 heteroatoms. The second-order valence-electron chi connectivity index (χ2n) is 5.47. The Kier molecular flexibility index (Phi) is 5.53. The number of nitrogens with two attached hydrogens (primary N) is 1. The van der Waals surface area contributed by atoms with Crippen molar-refractivity contribution in [1.82, 2.24) is 4.90 Å².